The van der Waals surface area contributed by atoms with Gasteiger partial charge in [-0.2, -0.15) is 0 Å². The Bertz CT molecular complexity index is 914. The topological polar surface area (TPSA) is 85.4 Å². The quantitative estimate of drug-likeness (QED) is 0.756. The number of urea groups is 1. The molecule has 0 atom stereocenters. The maximum atomic E-state index is 12.1. The SMILES string of the molecule is O=C(NCc1ccc(-c2cccnc2)nc1)Nc1ccc2c(c1)OCO2. The van der Waals surface area contributed by atoms with Crippen LogP contribution in [-0.2, 0) is 6.54 Å². The highest BCUT2D eigenvalue weighted by molar-refractivity contribution is 5.89. The van der Waals surface area contributed by atoms with Gasteiger partial charge in [-0.05, 0) is 35.9 Å². The van der Waals surface area contributed by atoms with Gasteiger partial charge < -0.3 is 20.1 Å². The second-order valence-corrected chi connectivity index (χ2v) is 5.67. The van der Waals surface area contributed by atoms with Crippen molar-refractivity contribution in [1.82, 2.24) is 15.3 Å². The van der Waals surface area contributed by atoms with Crippen molar-refractivity contribution in [2.24, 2.45) is 0 Å². The standard InChI is InChI=1S/C19H16N4O3/c24-19(23-15-4-6-17-18(8-15)26-12-25-17)22-10-13-3-5-16(21-9-13)14-2-1-7-20-11-14/h1-9,11H,10,12H2,(H2,22,23,24). The Morgan fingerprint density at radius 2 is 2.00 bits per heavy atom. The first-order chi connectivity index (χ1) is 12.8. The number of hydrogen-bond acceptors (Lipinski definition) is 5. The highest BCUT2D eigenvalue weighted by Crippen LogP contribution is 2.34. The molecule has 0 radical (unpaired) electrons. The number of aromatic nitrogens is 2. The zero-order valence-corrected chi connectivity index (χ0v) is 13.8. The van der Waals surface area contributed by atoms with E-state index in [0.717, 1.165) is 16.8 Å². The lowest BCUT2D eigenvalue weighted by atomic mass is 10.1. The molecule has 2 N–H and O–H groups in total. The molecule has 130 valence electrons. The molecule has 0 aliphatic carbocycles. The van der Waals surface area contributed by atoms with Gasteiger partial charge in [0.2, 0.25) is 6.79 Å². The van der Waals surface area contributed by atoms with Gasteiger partial charge in [-0.25, -0.2) is 4.79 Å². The van der Waals surface area contributed by atoms with Gasteiger partial charge in [-0.3, -0.25) is 9.97 Å². The fourth-order valence-electron chi connectivity index (χ4n) is 2.55. The van der Waals surface area contributed by atoms with E-state index in [4.69, 9.17) is 9.47 Å². The van der Waals surface area contributed by atoms with E-state index in [-0.39, 0.29) is 12.8 Å². The van der Waals surface area contributed by atoms with Crippen LogP contribution in [0.1, 0.15) is 5.56 Å². The number of carbonyl (C=O) groups is 1. The van der Waals surface area contributed by atoms with Crippen molar-refractivity contribution in [1.29, 1.82) is 0 Å². The van der Waals surface area contributed by atoms with Crippen LogP contribution in [0.2, 0.25) is 0 Å². The summed E-state index contributed by atoms with van der Waals surface area (Å²) in [5, 5.41) is 5.56. The Morgan fingerprint density at radius 1 is 1.08 bits per heavy atom. The second kappa shape index (κ2) is 7.10. The van der Waals surface area contributed by atoms with E-state index in [0.29, 0.717) is 23.7 Å². The van der Waals surface area contributed by atoms with Gasteiger partial charge in [0, 0.05) is 42.5 Å². The van der Waals surface area contributed by atoms with E-state index >= 15 is 0 Å². The summed E-state index contributed by atoms with van der Waals surface area (Å²) >= 11 is 0. The van der Waals surface area contributed by atoms with E-state index in [1.54, 1.807) is 36.8 Å². The van der Waals surface area contributed by atoms with Gasteiger partial charge in [-0.1, -0.05) is 6.07 Å². The number of carbonyl (C=O) groups excluding carboxylic acids is 1. The normalized spacial score (nSPS) is 11.8. The third kappa shape index (κ3) is 3.56. The van der Waals surface area contributed by atoms with Crippen LogP contribution in [-0.4, -0.2) is 22.8 Å². The zero-order chi connectivity index (χ0) is 17.8. The molecule has 26 heavy (non-hydrogen) atoms. The summed E-state index contributed by atoms with van der Waals surface area (Å²) in [6.45, 7) is 0.573. The summed E-state index contributed by atoms with van der Waals surface area (Å²) in [5.41, 5.74) is 3.33. The highest BCUT2D eigenvalue weighted by Gasteiger charge is 2.14. The van der Waals surface area contributed by atoms with Gasteiger partial charge in [0.25, 0.3) is 0 Å². The molecule has 7 heteroatoms. The van der Waals surface area contributed by atoms with E-state index < -0.39 is 0 Å². The summed E-state index contributed by atoms with van der Waals surface area (Å²) in [6.07, 6.45) is 5.23. The summed E-state index contributed by atoms with van der Waals surface area (Å²) < 4.78 is 10.5. The van der Waals surface area contributed by atoms with Gasteiger partial charge in [0.15, 0.2) is 11.5 Å². The van der Waals surface area contributed by atoms with Crippen LogP contribution in [0.5, 0.6) is 11.5 Å². The lowest BCUT2D eigenvalue weighted by Gasteiger charge is -2.08. The van der Waals surface area contributed by atoms with Crippen LogP contribution in [0, 0.1) is 0 Å². The van der Waals surface area contributed by atoms with Crippen LogP contribution in [0.3, 0.4) is 0 Å². The molecule has 0 spiro atoms. The van der Waals surface area contributed by atoms with Crippen molar-refractivity contribution in [3.05, 3.63) is 66.6 Å². The molecule has 0 saturated carbocycles. The number of pyridine rings is 2. The molecule has 0 unspecified atom stereocenters. The Kier molecular flexibility index (Phi) is 4.34. The van der Waals surface area contributed by atoms with Crippen LogP contribution >= 0.6 is 0 Å². The van der Waals surface area contributed by atoms with E-state index in [2.05, 4.69) is 20.6 Å². The number of nitrogens with zero attached hydrogens (tertiary/aromatic N) is 2. The number of anilines is 1. The fraction of sp³-hybridized carbons (Fsp3) is 0.105. The minimum Gasteiger partial charge on any atom is -0.454 e. The lowest BCUT2D eigenvalue weighted by Crippen LogP contribution is -2.28. The number of fused-ring (bicyclic) bond motifs is 1. The smallest absolute Gasteiger partial charge is 0.319 e. The molecule has 1 aliphatic rings. The molecule has 3 aromatic rings. The van der Waals surface area contributed by atoms with Crippen LogP contribution < -0.4 is 20.1 Å². The average Bonchev–Trinajstić information content (AvgIpc) is 3.15. The van der Waals surface area contributed by atoms with Crippen molar-refractivity contribution in [2.45, 2.75) is 6.54 Å². The molecule has 7 nitrogen and oxygen atoms in total. The lowest BCUT2D eigenvalue weighted by molar-refractivity contribution is 0.174. The molecular formula is C19H16N4O3. The minimum absolute atomic E-state index is 0.201. The molecule has 2 aromatic heterocycles. The molecule has 1 aliphatic heterocycles. The monoisotopic (exact) mass is 348 g/mol. The third-order valence-electron chi connectivity index (χ3n) is 3.87. The van der Waals surface area contributed by atoms with Crippen molar-refractivity contribution < 1.29 is 14.3 Å². The first-order valence-corrected chi connectivity index (χ1v) is 8.08. The molecular weight excluding hydrogens is 332 g/mol. The molecule has 2 amide bonds. The van der Waals surface area contributed by atoms with E-state index in [1.807, 2.05) is 24.3 Å². The van der Waals surface area contributed by atoms with Crippen molar-refractivity contribution in [2.75, 3.05) is 12.1 Å². The first-order valence-electron chi connectivity index (χ1n) is 8.08. The molecule has 1 aromatic carbocycles. The summed E-state index contributed by atoms with van der Waals surface area (Å²) in [7, 11) is 0. The minimum atomic E-state index is -0.305. The number of nitrogens with one attached hydrogen (secondary N) is 2. The highest BCUT2D eigenvalue weighted by atomic mass is 16.7. The Morgan fingerprint density at radius 3 is 2.81 bits per heavy atom. The zero-order valence-electron chi connectivity index (χ0n) is 13.8. The number of hydrogen-bond donors (Lipinski definition) is 2. The summed E-state index contributed by atoms with van der Waals surface area (Å²) in [6, 6.07) is 12.6. The number of rotatable bonds is 4. The molecule has 0 saturated heterocycles. The molecule has 4 rings (SSSR count). The van der Waals surface area contributed by atoms with Crippen molar-refractivity contribution >= 4 is 11.7 Å². The molecule has 3 heterocycles. The molecule has 0 fully saturated rings. The summed E-state index contributed by atoms with van der Waals surface area (Å²) in [5.74, 6) is 1.30. The number of benzene rings is 1. The van der Waals surface area contributed by atoms with Crippen LogP contribution in [0.15, 0.2) is 61.1 Å². The largest absolute Gasteiger partial charge is 0.454 e. The van der Waals surface area contributed by atoms with Gasteiger partial charge in [0.1, 0.15) is 0 Å². The summed E-state index contributed by atoms with van der Waals surface area (Å²) in [4.78, 5) is 20.5. The maximum Gasteiger partial charge on any atom is 0.319 e. The van der Waals surface area contributed by atoms with E-state index in [1.165, 1.54) is 0 Å². The van der Waals surface area contributed by atoms with Gasteiger partial charge >= 0.3 is 6.03 Å². The predicted octanol–water partition coefficient (Wildman–Crippen LogP) is 3.19. The predicted molar refractivity (Wildman–Crippen MR) is 95.9 cm³/mol. The van der Waals surface area contributed by atoms with Crippen LogP contribution in [0.25, 0.3) is 11.3 Å². The van der Waals surface area contributed by atoms with E-state index in [9.17, 15) is 4.79 Å². The Balaban J connectivity index is 1.33. The van der Waals surface area contributed by atoms with Crippen molar-refractivity contribution in [3.8, 4) is 22.8 Å². The Labute approximate surface area is 150 Å². The van der Waals surface area contributed by atoms with Gasteiger partial charge in [-0.15, -0.1) is 0 Å². The van der Waals surface area contributed by atoms with Crippen LogP contribution in [0.4, 0.5) is 10.5 Å². The Hall–Kier alpha value is -3.61. The van der Waals surface area contributed by atoms with Gasteiger partial charge in [0.05, 0.1) is 5.69 Å². The second-order valence-electron chi connectivity index (χ2n) is 5.67. The van der Waals surface area contributed by atoms with Crippen molar-refractivity contribution in [3.63, 3.8) is 0 Å². The molecule has 0 bridgehead atoms. The fourth-order valence-corrected chi connectivity index (χ4v) is 2.55. The first kappa shape index (κ1) is 15.9. The number of amides is 2. The maximum absolute atomic E-state index is 12.1. The average molecular weight is 348 g/mol. The third-order valence-corrected chi connectivity index (χ3v) is 3.87. The number of ether oxygens (including phenoxy) is 2.